The average molecular weight is 273 g/mol. The van der Waals surface area contributed by atoms with Gasteiger partial charge in [0.05, 0.1) is 5.33 Å². The van der Waals surface area contributed by atoms with Gasteiger partial charge in [-0.25, -0.2) is 0 Å². The fraction of sp³-hybridized carbons (Fsp3) is 0.364. The second kappa shape index (κ2) is 5.75. The van der Waals surface area contributed by atoms with Crippen LogP contribution in [0.25, 0.3) is 0 Å². The van der Waals surface area contributed by atoms with E-state index in [-0.39, 0.29) is 17.3 Å². The topological polar surface area (TPSA) is 57.5 Å². The first-order valence-electron chi connectivity index (χ1n) is 4.72. The molecule has 0 heterocycles. The predicted octanol–water partition coefficient (Wildman–Crippen LogP) is 2.38. The molecule has 2 N–H and O–H groups in total. The standard InChI is InChI=1S/C11H13BrO3/c12-7-9(13)3-1-2-8-4-5-10(14)11(15)6-8/h4-6,14-15H,1-3,7H2. The van der Waals surface area contributed by atoms with Gasteiger partial charge in [-0.15, -0.1) is 0 Å². The number of rotatable bonds is 5. The molecule has 0 unspecified atom stereocenters. The van der Waals surface area contributed by atoms with Gasteiger partial charge in [-0.3, -0.25) is 4.79 Å². The van der Waals surface area contributed by atoms with Gasteiger partial charge >= 0.3 is 0 Å². The lowest BCUT2D eigenvalue weighted by molar-refractivity contribution is -0.116. The van der Waals surface area contributed by atoms with Crippen LogP contribution in [0.2, 0.25) is 0 Å². The molecule has 0 spiro atoms. The first-order chi connectivity index (χ1) is 7.13. The summed E-state index contributed by atoms with van der Waals surface area (Å²) < 4.78 is 0. The van der Waals surface area contributed by atoms with Crippen LogP contribution in [0.4, 0.5) is 0 Å². The molecular weight excluding hydrogens is 260 g/mol. The van der Waals surface area contributed by atoms with Crippen LogP contribution < -0.4 is 0 Å². The fourth-order valence-electron chi connectivity index (χ4n) is 1.28. The number of halogens is 1. The third-order valence-electron chi connectivity index (χ3n) is 2.11. The Morgan fingerprint density at radius 2 is 2.00 bits per heavy atom. The van der Waals surface area contributed by atoms with Crippen LogP contribution >= 0.6 is 15.9 Å². The zero-order valence-corrected chi connectivity index (χ0v) is 9.83. The number of aryl methyl sites for hydroxylation is 1. The smallest absolute Gasteiger partial charge is 0.157 e. The van der Waals surface area contributed by atoms with E-state index in [1.807, 2.05) is 0 Å². The molecule has 0 aliphatic heterocycles. The average Bonchev–Trinajstić information content (AvgIpc) is 2.23. The third kappa shape index (κ3) is 3.91. The van der Waals surface area contributed by atoms with E-state index in [2.05, 4.69) is 15.9 Å². The molecular formula is C11H13BrO3. The Morgan fingerprint density at radius 3 is 2.60 bits per heavy atom. The van der Waals surface area contributed by atoms with E-state index < -0.39 is 0 Å². The summed E-state index contributed by atoms with van der Waals surface area (Å²) in [6.07, 6.45) is 2.02. The van der Waals surface area contributed by atoms with E-state index in [9.17, 15) is 9.90 Å². The maximum Gasteiger partial charge on any atom is 0.157 e. The van der Waals surface area contributed by atoms with Crippen molar-refractivity contribution in [2.24, 2.45) is 0 Å². The molecule has 0 fully saturated rings. The van der Waals surface area contributed by atoms with Crippen molar-refractivity contribution in [1.29, 1.82) is 0 Å². The second-order valence-electron chi connectivity index (χ2n) is 3.35. The number of phenolic OH excluding ortho intramolecular Hbond substituents is 2. The Bertz CT molecular complexity index is 350. The summed E-state index contributed by atoms with van der Waals surface area (Å²) in [7, 11) is 0. The van der Waals surface area contributed by atoms with Gasteiger partial charge in [-0.2, -0.15) is 0 Å². The van der Waals surface area contributed by atoms with Gasteiger partial charge in [0.2, 0.25) is 0 Å². The van der Waals surface area contributed by atoms with Crippen molar-refractivity contribution in [2.45, 2.75) is 19.3 Å². The number of carbonyl (C=O) groups is 1. The van der Waals surface area contributed by atoms with Gasteiger partial charge in [0.15, 0.2) is 11.5 Å². The highest BCUT2D eigenvalue weighted by molar-refractivity contribution is 9.09. The summed E-state index contributed by atoms with van der Waals surface area (Å²) in [5.74, 6) is -0.0485. The normalized spacial score (nSPS) is 10.2. The molecule has 0 aliphatic rings. The molecule has 4 heteroatoms. The molecule has 1 aromatic rings. The van der Waals surface area contributed by atoms with Gasteiger partial charge in [-0.1, -0.05) is 22.0 Å². The lowest BCUT2D eigenvalue weighted by Crippen LogP contribution is -1.99. The zero-order valence-electron chi connectivity index (χ0n) is 8.24. The highest BCUT2D eigenvalue weighted by Crippen LogP contribution is 2.25. The molecule has 0 saturated heterocycles. The largest absolute Gasteiger partial charge is 0.504 e. The van der Waals surface area contributed by atoms with Gasteiger partial charge in [-0.05, 0) is 30.5 Å². The molecule has 0 aromatic heterocycles. The number of aromatic hydroxyl groups is 2. The third-order valence-corrected chi connectivity index (χ3v) is 2.74. The minimum atomic E-state index is -0.115. The second-order valence-corrected chi connectivity index (χ2v) is 3.91. The van der Waals surface area contributed by atoms with Crippen molar-refractivity contribution in [3.05, 3.63) is 23.8 Å². The number of alkyl halides is 1. The van der Waals surface area contributed by atoms with Crippen molar-refractivity contribution in [3.63, 3.8) is 0 Å². The van der Waals surface area contributed by atoms with Crippen LogP contribution in [0.1, 0.15) is 18.4 Å². The summed E-state index contributed by atoms with van der Waals surface area (Å²) in [6.45, 7) is 0. The number of Topliss-reactive ketones (excluding diaryl/α,β-unsaturated/α-hetero) is 1. The van der Waals surface area contributed by atoms with Crippen molar-refractivity contribution in [3.8, 4) is 11.5 Å². The van der Waals surface area contributed by atoms with E-state index in [1.165, 1.54) is 12.1 Å². The summed E-state index contributed by atoms with van der Waals surface area (Å²) in [4.78, 5) is 11.0. The van der Waals surface area contributed by atoms with Crippen molar-refractivity contribution in [2.75, 3.05) is 5.33 Å². The Hall–Kier alpha value is -1.03. The van der Waals surface area contributed by atoms with Crippen LogP contribution in [0.15, 0.2) is 18.2 Å². The number of phenols is 2. The first-order valence-corrected chi connectivity index (χ1v) is 5.84. The SMILES string of the molecule is O=C(CBr)CCCc1ccc(O)c(O)c1. The molecule has 0 aliphatic carbocycles. The Morgan fingerprint density at radius 1 is 1.27 bits per heavy atom. The molecule has 1 aromatic carbocycles. The molecule has 0 radical (unpaired) electrons. The first kappa shape index (κ1) is 12.0. The van der Waals surface area contributed by atoms with Gasteiger partial charge in [0, 0.05) is 6.42 Å². The summed E-state index contributed by atoms with van der Waals surface area (Å²) >= 11 is 3.10. The lowest BCUT2D eigenvalue weighted by atomic mass is 10.1. The Balaban J connectivity index is 2.44. The Kier molecular flexibility index (Phi) is 4.62. The predicted molar refractivity (Wildman–Crippen MR) is 61.5 cm³/mol. The fourth-order valence-corrected chi connectivity index (χ4v) is 1.56. The molecule has 0 atom stereocenters. The van der Waals surface area contributed by atoms with Crippen LogP contribution in [-0.4, -0.2) is 21.3 Å². The molecule has 0 amide bonds. The number of carbonyl (C=O) groups excluding carboxylic acids is 1. The van der Waals surface area contributed by atoms with Crippen LogP contribution in [-0.2, 0) is 11.2 Å². The van der Waals surface area contributed by atoms with E-state index in [1.54, 1.807) is 6.07 Å². The summed E-state index contributed by atoms with van der Waals surface area (Å²) in [5, 5.41) is 18.7. The van der Waals surface area contributed by atoms with Gasteiger partial charge < -0.3 is 10.2 Å². The number of benzene rings is 1. The molecule has 0 bridgehead atoms. The molecule has 15 heavy (non-hydrogen) atoms. The lowest BCUT2D eigenvalue weighted by Gasteiger charge is -2.02. The van der Waals surface area contributed by atoms with Gasteiger partial charge in [0.25, 0.3) is 0 Å². The zero-order chi connectivity index (χ0) is 11.3. The number of ketones is 1. The van der Waals surface area contributed by atoms with Crippen LogP contribution in [0, 0.1) is 0 Å². The van der Waals surface area contributed by atoms with Crippen molar-refractivity contribution < 1.29 is 15.0 Å². The highest BCUT2D eigenvalue weighted by atomic mass is 79.9. The summed E-state index contributed by atoms with van der Waals surface area (Å²) in [6, 6.07) is 4.72. The van der Waals surface area contributed by atoms with E-state index >= 15 is 0 Å². The minimum absolute atomic E-state index is 0.112. The molecule has 82 valence electrons. The van der Waals surface area contributed by atoms with Crippen LogP contribution in [0.3, 0.4) is 0 Å². The van der Waals surface area contributed by atoms with Gasteiger partial charge in [0.1, 0.15) is 5.78 Å². The maximum absolute atomic E-state index is 11.0. The summed E-state index contributed by atoms with van der Waals surface area (Å²) in [5.41, 5.74) is 0.924. The van der Waals surface area contributed by atoms with E-state index in [4.69, 9.17) is 5.11 Å². The van der Waals surface area contributed by atoms with E-state index in [0.29, 0.717) is 11.8 Å². The van der Waals surface area contributed by atoms with Crippen LogP contribution in [0.5, 0.6) is 11.5 Å². The number of hydrogen-bond donors (Lipinski definition) is 2. The number of hydrogen-bond acceptors (Lipinski definition) is 3. The monoisotopic (exact) mass is 272 g/mol. The highest BCUT2D eigenvalue weighted by Gasteiger charge is 2.02. The molecule has 3 nitrogen and oxygen atoms in total. The van der Waals surface area contributed by atoms with E-state index in [0.717, 1.165) is 18.4 Å². The molecule has 0 saturated carbocycles. The quantitative estimate of drug-likeness (QED) is 0.639. The molecule has 1 rings (SSSR count). The minimum Gasteiger partial charge on any atom is -0.504 e. The van der Waals surface area contributed by atoms with Crippen molar-refractivity contribution in [1.82, 2.24) is 0 Å². The van der Waals surface area contributed by atoms with Crippen molar-refractivity contribution >= 4 is 21.7 Å². The Labute approximate surface area is 96.9 Å². The maximum atomic E-state index is 11.0.